The fraction of sp³-hybridized carbons (Fsp3) is 0.394. The smallest absolute Gasteiger partial charge is 0.303 e. The van der Waals surface area contributed by atoms with Crippen LogP contribution in [0.25, 0.3) is 0 Å². The monoisotopic (exact) mass is 547 g/mol. The number of hydrogen-bond acceptors (Lipinski definition) is 5. The fourth-order valence-electron chi connectivity index (χ4n) is 4.66. The lowest BCUT2D eigenvalue weighted by molar-refractivity contribution is -0.136. The van der Waals surface area contributed by atoms with Gasteiger partial charge in [-0.05, 0) is 81.0 Å². The maximum Gasteiger partial charge on any atom is 0.303 e. The van der Waals surface area contributed by atoms with Crippen molar-refractivity contribution in [1.82, 2.24) is 5.32 Å². The van der Waals surface area contributed by atoms with Crippen molar-refractivity contribution in [2.24, 2.45) is 5.92 Å². The predicted octanol–water partition coefficient (Wildman–Crippen LogP) is 6.91. The van der Waals surface area contributed by atoms with Crippen molar-refractivity contribution < 1.29 is 28.9 Å². The lowest BCUT2D eigenvalue weighted by atomic mass is 9.93. The van der Waals surface area contributed by atoms with Crippen LogP contribution in [0, 0.1) is 12.8 Å². The molecule has 0 fully saturated rings. The van der Waals surface area contributed by atoms with E-state index in [0.29, 0.717) is 36.7 Å². The molecule has 0 aliphatic heterocycles. The molecular weight excluding hydrogens is 506 g/mol. The molecule has 7 nitrogen and oxygen atoms in total. The second-order valence-corrected chi connectivity index (χ2v) is 10.1. The molecule has 0 heterocycles. The molecular formula is C33H41NO6. The zero-order chi connectivity index (χ0) is 29.1. The Morgan fingerprint density at radius 3 is 2.30 bits per heavy atom. The minimum atomic E-state index is -0.910. The van der Waals surface area contributed by atoms with E-state index in [1.54, 1.807) is 6.07 Å². The summed E-state index contributed by atoms with van der Waals surface area (Å²) in [6, 6.07) is 18.5. The van der Waals surface area contributed by atoms with Crippen LogP contribution in [0.1, 0.15) is 79.2 Å². The highest BCUT2D eigenvalue weighted by Gasteiger charge is 2.25. The quantitative estimate of drug-likeness (QED) is 0.215. The molecule has 1 amide bonds. The average molecular weight is 548 g/mol. The molecule has 0 saturated heterocycles. The molecule has 3 rings (SSSR count). The Balaban J connectivity index is 1.96. The number of hydrogen-bond donors (Lipinski definition) is 2. The van der Waals surface area contributed by atoms with E-state index in [-0.39, 0.29) is 31.4 Å². The summed E-state index contributed by atoms with van der Waals surface area (Å²) in [5, 5.41) is 12.5. The van der Waals surface area contributed by atoms with Gasteiger partial charge in [0.05, 0.1) is 19.3 Å². The summed E-state index contributed by atoms with van der Waals surface area (Å²) in [4.78, 5) is 25.2. The molecule has 0 saturated carbocycles. The number of para-hydroxylation sites is 1. The van der Waals surface area contributed by atoms with Crippen molar-refractivity contribution in [3.63, 3.8) is 0 Å². The number of nitrogens with one attached hydrogen (secondary N) is 1. The second-order valence-electron chi connectivity index (χ2n) is 10.1. The molecule has 214 valence electrons. The molecule has 40 heavy (non-hydrogen) atoms. The molecule has 0 aliphatic rings. The van der Waals surface area contributed by atoms with E-state index in [1.807, 2.05) is 75.4 Å². The Morgan fingerprint density at radius 1 is 0.925 bits per heavy atom. The van der Waals surface area contributed by atoms with E-state index in [9.17, 15) is 14.7 Å². The van der Waals surface area contributed by atoms with Gasteiger partial charge in [-0.15, -0.1) is 0 Å². The molecule has 0 aliphatic carbocycles. The highest BCUT2D eigenvalue weighted by Crippen LogP contribution is 2.37. The number of rotatable bonds is 15. The van der Waals surface area contributed by atoms with Crippen LogP contribution >= 0.6 is 0 Å². The Morgan fingerprint density at radius 2 is 1.65 bits per heavy atom. The normalized spacial score (nSPS) is 11.7. The van der Waals surface area contributed by atoms with Gasteiger partial charge in [0.15, 0.2) is 0 Å². The number of carbonyl (C=O) groups excluding carboxylic acids is 1. The first-order valence-corrected chi connectivity index (χ1v) is 13.9. The minimum absolute atomic E-state index is 0.0673. The molecule has 1 atom stereocenters. The lowest BCUT2D eigenvalue weighted by Crippen LogP contribution is -2.31. The molecule has 1 unspecified atom stereocenters. The molecule has 0 radical (unpaired) electrons. The number of benzene rings is 3. The fourth-order valence-corrected chi connectivity index (χ4v) is 4.66. The van der Waals surface area contributed by atoms with Crippen molar-refractivity contribution in [3.8, 4) is 17.2 Å². The summed E-state index contributed by atoms with van der Waals surface area (Å²) < 4.78 is 17.8. The van der Waals surface area contributed by atoms with E-state index in [0.717, 1.165) is 33.9 Å². The van der Waals surface area contributed by atoms with E-state index < -0.39 is 5.97 Å². The van der Waals surface area contributed by atoms with Crippen LogP contribution in [-0.4, -0.2) is 30.2 Å². The van der Waals surface area contributed by atoms with Gasteiger partial charge in [-0.25, -0.2) is 0 Å². The van der Waals surface area contributed by atoms with E-state index in [1.165, 1.54) is 0 Å². The molecule has 3 aromatic carbocycles. The minimum Gasteiger partial charge on any atom is -0.493 e. The number of carboxylic acids is 1. The maximum atomic E-state index is 13.9. The van der Waals surface area contributed by atoms with Crippen LogP contribution in [0.3, 0.4) is 0 Å². The van der Waals surface area contributed by atoms with Crippen molar-refractivity contribution >= 4 is 11.9 Å². The Kier molecular flexibility index (Phi) is 11.4. The molecule has 7 heteroatoms. The molecule has 2 N–H and O–H groups in total. The third-order valence-electron chi connectivity index (χ3n) is 6.54. The number of amides is 1. The highest BCUT2D eigenvalue weighted by atomic mass is 16.5. The van der Waals surface area contributed by atoms with Crippen molar-refractivity contribution in [3.05, 3.63) is 88.5 Å². The van der Waals surface area contributed by atoms with Crippen LogP contribution < -0.4 is 19.5 Å². The van der Waals surface area contributed by atoms with Gasteiger partial charge in [-0.3, -0.25) is 9.59 Å². The standard InChI is InChI=1S/C33H41NO6/c1-6-38-30-17-16-27(32(23(30)5)39-7-2)29(19-22(3)4)34-33(37)28-20-24(13-14-25(28)15-18-31(35)36)21-40-26-11-9-8-10-12-26/h8-14,16-17,20,22,29H,6-7,15,18-19,21H2,1-5H3,(H,34,37)(H,35,36). The van der Waals surface area contributed by atoms with E-state index >= 15 is 0 Å². The number of carboxylic acid groups (broad SMARTS) is 1. The number of ether oxygens (including phenoxy) is 3. The first-order valence-electron chi connectivity index (χ1n) is 13.9. The second kappa shape index (κ2) is 15.0. The van der Waals surface area contributed by atoms with Gasteiger partial charge in [-0.2, -0.15) is 0 Å². The van der Waals surface area contributed by atoms with Gasteiger partial charge < -0.3 is 24.6 Å². The average Bonchev–Trinajstić information content (AvgIpc) is 2.93. The first-order chi connectivity index (χ1) is 19.2. The van der Waals surface area contributed by atoms with Crippen molar-refractivity contribution in [2.45, 2.75) is 66.5 Å². The van der Waals surface area contributed by atoms with Crippen LogP contribution in [0.5, 0.6) is 17.2 Å². The summed E-state index contributed by atoms with van der Waals surface area (Å²) in [6.07, 6.45) is 0.877. The largest absolute Gasteiger partial charge is 0.493 e. The van der Waals surface area contributed by atoms with Gasteiger partial charge in [0.1, 0.15) is 23.9 Å². The third kappa shape index (κ3) is 8.50. The maximum absolute atomic E-state index is 13.9. The van der Waals surface area contributed by atoms with E-state index in [2.05, 4.69) is 19.2 Å². The van der Waals surface area contributed by atoms with Crippen LogP contribution in [-0.2, 0) is 17.8 Å². The summed E-state index contributed by atoms with van der Waals surface area (Å²) in [5.41, 5.74) is 3.73. The first kappa shape index (κ1) is 30.5. The molecule has 3 aromatic rings. The van der Waals surface area contributed by atoms with Gasteiger partial charge in [0, 0.05) is 23.1 Å². The number of aryl methyl sites for hydroxylation is 1. The Bertz CT molecular complexity index is 1270. The van der Waals surface area contributed by atoms with E-state index in [4.69, 9.17) is 14.2 Å². The number of aliphatic carboxylic acids is 1. The summed E-state index contributed by atoms with van der Waals surface area (Å²) >= 11 is 0. The Hall–Kier alpha value is -4.00. The predicted molar refractivity (Wildman–Crippen MR) is 156 cm³/mol. The Labute approximate surface area is 237 Å². The van der Waals surface area contributed by atoms with Gasteiger partial charge in [-0.1, -0.05) is 44.2 Å². The number of carbonyl (C=O) groups is 2. The van der Waals surface area contributed by atoms with Crippen LogP contribution in [0.15, 0.2) is 60.7 Å². The van der Waals surface area contributed by atoms with Gasteiger partial charge >= 0.3 is 5.97 Å². The van der Waals surface area contributed by atoms with Crippen LogP contribution in [0.2, 0.25) is 0 Å². The molecule has 0 bridgehead atoms. The zero-order valence-electron chi connectivity index (χ0n) is 24.2. The summed E-state index contributed by atoms with van der Waals surface area (Å²) in [6.45, 7) is 11.4. The third-order valence-corrected chi connectivity index (χ3v) is 6.54. The van der Waals surface area contributed by atoms with Crippen LogP contribution in [0.4, 0.5) is 0 Å². The molecule has 0 aromatic heterocycles. The van der Waals surface area contributed by atoms with Crippen molar-refractivity contribution in [2.75, 3.05) is 13.2 Å². The highest BCUT2D eigenvalue weighted by molar-refractivity contribution is 5.96. The summed E-state index contributed by atoms with van der Waals surface area (Å²) in [7, 11) is 0. The lowest BCUT2D eigenvalue weighted by Gasteiger charge is -2.26. The summed E-state index contributed by atoms with van der Waals surface area (Å²) in [5.74, 6) is 1.33. The van der Waals surface area contributed by atoms with Crippen molar-refractivity contribution in [1.29, 1.82) is 0 Å². The van der Waals surface area contributed by atoms with Gasteiger partial charge in [0.25, 0.3) is 5.91 Å². The zero-order valence-corrected chi connectivity index (χ0v) is 24.2. The molecule has 0 spiro atoms. The topological polar surface area (TPSA) is 94.1 Å². The van der Waals surface area contributed by atoms with Gasteiger partial charge in [0.2, 0.25) is 0 Å². The SMILES string of the molecule is CCOc1ccc(C(CC(C)C)NC(=O)c2cc(COc3ccccc3)ccc2CCC(=O)O)c(OCC)c1C.